The van der Waals surface area contributed by atoms with E-state index in [1.54, 1.807) is 0 Å². The maximum atomic E-state index is 4.36. The quantitative estimate of drug-likeness (QED) is 0.622. The maximum absolute atomic E-state index is 4.36. The van der Waals surface area contributed by atoms with Crippen molar-refractivity contribution < 1.29 is 0 Å². The summed E-state index contributed by atoms with van der Waals surface area (Å²) in [7, 11) is 0. The Morgan fingerprint density at radius 3 is 2.67 bits per heavy atom. The van der Waals surface area contributed by atoms with Crippen molar-refractivity contribution in [2.75, 3.05) is 12.0 Å². The van der Waals surface area contributed by atoms with Crippen molar-refractivity contribution in [3.63, 3.8) is 0 Å². The molecule has 0 aliphatic heterocycles. The first kappa shape index (κ1) is 16.1. The number of hydrogen-bond acceptors (Lipinski definition) is 3. The lowest BCUT2D eigenvalue weighted by Crippen LogP contribution is -2.12. The fraction of sp³-hybridized carbons (Fsp3) is 0.529. The van der Waals surface area contributed by atoms with Crippen molar-refractivity contribution in [3.05, 3.63) is 36.5 Å². The van der Waals surface area contributed by atoms with Crippen LogP contribution in [0.15, 0.2) is 36.5 Å². The van der Waals surface area contributed by atoms with Crippen molar-refractivity contribution >= 4 is 11.8 Å². The summed E-state index contributed by atoms with van der Waals surface area (Å²) in [6, 6.07) is 10.7. The van der Waals surface area contributed by atoms with Gasteiger partial charge in [0, 0.05) is 11.3 Å². The third kappa shape index (κ3) is 4.88. The lowest BCUT2D eigenvalue weighted by Gasteiger charge is -2.15. The third-order valence-electron chi connectivity index (χ3n) is 3.70. The average molecular weight is 303 g/mol. The molecule has 21 heavy (non-hydrogen) atoms. The number of aromatic nitrogens is 3. The molecule has 0 saturated heterocycles. The Kier molecular flexibility index (Phi) is 6.80. The molecule has 0 spiro atoms. The van der Waals surface area contributed by atoms with E-state index in [0.29, 0.717) is 6.04 Å². The Morgan fingerprint density at radius 1 is 1.14 bits per heavy atom. The maximum Gasteiger partial charge on any atom is 0.113 e. The minimum atomic E-state index is 0.460. The van der Waals surface area contributed by atoms with Gasteiger partial charge < -0.3 is 0 Å². The first-order valence-electron chi connectivity index (χ1n) is 7.81. The summed E-state index contributed by atoms with van der Waals surface area (Å²) in [5.41, 5.74) is 2.10. The van der Waals surface area contributed by atoms with E-state index < -0.39 is 0 Å². The van der Waals surface area contributed by atoms with E-state index in [4.69, 9.17) is 0 Å². The Bertz CT molecular complexity index is 510. The Labute approximate surface area is 132 Å². The van der Waals surface area contributed by atoms with E-state index in [9.17, 15) is 0 Å². The molecule has 114 valence electrons. The number of nitrogens with zero attached hydrogens (tertiary/aromatic N) is 3. The van der Waals surface area contributed by atoms with Gasteiger partial charge in [0.2, 0.25) is 0 Å². The molecule has 0 N–H and O–H groups in total. The smallest absolute Gasteiger partial charge is 0.113 e. The summed E-state index contributed by atoms with van der Waals surface area (Å²) in [6.45, 7) is 2.25. The van der Waals surface area contributed by atoms with Gasteiger partial charge in [-0.2, -0.15) is 11.8 Å². The Balaban J connectivity index is 2.01. The van der Waals surface area contributed by atoms with E-state index in [-0.39, 0.29) is 0 Å². The van der Waals surface area contributed by atoms with Gasteiger partial charge in [-0.3, -0.25) is 0 Å². The van der Waals surface area contributed by atoms with E-state index in [1.165, 1.54) is 32.1 Å². The molecule has 1 heterocycles. The van der Waals surface area contributed by atoms with Gasteiger partial charge in [0.15, 0.2) is 0 Å². The highest BCUT2D eigenvalue weighted by Crippen LogP contribution is 2.22. The molecular formula is C17H25N3S. The minimum absolute atomic E-state index is 0.460. The zero-order chi connectivity index (χ0) is 14.9. The second-order valence-corrected chi connectivity index (χ2v) is 6.32. The van der Waals surface area contributed by atoms with E-state index in [0.717, 1.165) is 17.0 Å². The summed E-state index contributed by atoms with van der Waals surface area (Å²) in [5.74, 6) is 1.10. The molecule has 1 aromatic heterocycles. The lowest BCUT2D eigenvalue weighted by molar-refractivity contribution is 0.432. The van der Waals surface area contributed by atoms with Crippen LogP contribution in [0.25, 0.3) is 11.3 Å². The molecular weight excluding hydrogens is 278 g/mol. The molecule has 0 aliphatic carbocycles. The van der Waals surface area contributed by atoms with Crippen molar-refractivity contribution in [1.82, 2.24) is 15.0 Å². The van der Waals surface area contributed by atoms with Crippen molar-refractivity contribution in [2.24, 2.45) is 0 Å². The highest BCUT2D eigenvalue weighted by atomic mass is 32.2. The number of unbranched alkanes of at least 4 members (excludes halogenated alkanes) is 3. The standard InChI is InChI=1S/C17H25N3S/c1-3-4-5-9-12-16(14-21-2)20-13-17(18-19-20)15-10-7-6-8-11-15/h6-8,10-11,13,16H,3-5,9,12,14H2,1-2H3. The largest absolute Gasteiger partial charge is 0.248 e. The molecule has 4 heteroatoms. The van der Waals surface area contributed by atoms with Gasteiger partial charge in [-0.25, -0.2) is 4.68 Å². The third-order valence-corrected chi connectivity index (χ3v) is 4.42. The zero-order valence-electron chi connectivity index (χ0n) is 13.0. The predicted molar refractivity (Wildman–Crippen MR) is 91.6 cm³/mol. The van der Waals surface area contributed by atoms with Gasteiger partial charge in [0.1, 0.15) is 5.69 Å². The molecule has 1 atom stereocenters. The van der Waals surface area contributed by atoms with Gasteiger partial charge in [0.05, 0.1) is 12.2 Å². The zero-order valence-corrected chi connectivity index (χ0v) is 13.9. The first-order valence-corrected chi connectivity index (χ1v) is 9.20. The van der Waals surface area contributed by atoms with E-state index in [2.05, 4.69) is 46.5 Å². The van der Waals surface area contributed by atoms with Crippen LogP contribution < -0.4 is 0 Å². The van der Waals surface area contributed by atoms with Gasteiger partial charge in [-0.05, 0) is 12.7 Å². The van der Waals surface area contributed by atoms with Crippen LogP contribution in [-0.4, -0.2) is 27.0 Å². The molecule has 0 saturated carbocycles. The summed E-state index contributed by atoms with van der Waals surface area (Å²) in [5, 5.41) is 8.70. The van der Waals surface area contributed by atoms with Gasteiger partial charge in [0.25, 0.3) is 0 Å². The van der Waals surface area contributed by atoms with E-state index in [1.807, 2.05) is 30.0 Å². The molecule has 2 rings (SSSR count). The van der Waals surface area contributed by atoms with Crippen LogP contribution in [0.2, 0.25) is 0 Å². The topological polar surface area (TPSA) is 30.7 Å². The van der Waals surface area contributed by atoms with Crippen LogP contribution >= 0.6 is 11.8 Å². The molecule has 0 fully saturated rings. The van der Waals surface area contributed by atoms with E-state index >= 15 is 0 Å². The summed E-state index contributed by atoms with van der Waals surface area (Å²) in [4.78, 5) is 0. The second-order valence-electron chi connectivity index (χ2n) is 5.41. The fourth-order valence-electron chi connectivity index (χ4n) is 2.49. The highest BCUT2D eigenvalue weighted by Gasteiger charge is 2.13. The van der Waals surface area contributed by atoms with Crippen molar-refractivity contribution in [2.45, 2.75) is 45.1 Å². The highest BCUT2D eigenvalue weighted by molar-refractivity contribution is 7.98. The normalized spacial score (nSPS) is 12.5. The molecule has 0 bridgehead atoms. The van der Waals surface area contributed by atoms with Crippen LogP contribution in [0.1, 0.15) is 45.1 Å². The van der Waals surface area contributed by atoms with Crippen LogP contribution in [0.5, 0.6) is 0 Å². The van der Waals surface area contributed by atoms with Crippen LogP contribution in [0, 0.1) is 0 Å². The predicted octanol–water partition coefficient (Wildman–Crippen LogP) is 4.82. The van der Waals surface area contributed by atoms with Crippen molar-refractivity contribution in [3.8, 4) is 11.3 Å². The Hall–Kier alpha value is -1.29. The number of hydrogen-bond donors (Lipinski definition) is 0. The number of rotatable bonds is 9. The first-order chi connectivity index (χ1) is 10.3. The monoisotopic (exact) mass is 303 g/mol. The summed E-state index contributed by atoms with van der Waals surface area (Å²) >= 11 is 1.88. The van der Waals surface area contributed by atoms with Gasteiger partial charge in [-0.1, -0.05) is 68.2 Å². The fourth-order valence-corrected chi connectivity index (χ4v) is 3.19. The number of benzene rings is 1. The molecule has 0 radical (unpaired) electrons. The molecule has 3 nitrogen and oxygen atoms in total. The van der Waals surface area contributed by atoms with Crippen LogP contribution in [0.3, 0.4) is 0 Å². The number of thioether (sulfide) groups is 1. The molecule has 0 amide bonds. The van der Waals surface area contributed by atoms with Gasteiger partial charge in [-0.15, -0.1) is 5.10 Å². The molecule has 0 aliphatic rings. The summed E-state index contributed by atoms with van der Waals surface area (Å²) < 4.78 is 2.06. The Morgan fingerprint density at radius 2 is 1.95 bits per heavy atom. The SMILES string of the molecule is CCCCCCC(CSC)n1cc(-c2ccccc2)nn1. The van der Waals surface area contributed by atoms with Crippen LogP contribution in [0.4, 0.5) is 0 Å². The minimum Gasteiger partial charge on any atom is -0.248 e. The molecule has 1 unspecified atom stereocenters. The van der Waals surface area contributed by atoms with Gasteiger partial charge >= 0.3 is 0 Å². The second kappa shape index (κ2) is 8.88. The summed E-state index contributed by atoms with van der Waals surface area (Å²) in [6.07, 6.45) is 10.7. The molecule has 2 aromatic rings. The lowest BCUT2D eigenvalue weighted by atomic mass is 10.1. The average Bonchev–Trinajstić information content (AvgIpc) is 3.01. The van der Waals surface area contributed by atoms with Crippen molar-refractivity contribution in [1.29, 1.82) is 0 Å². The molecule has 1 aromatic carbocycles. The van der Waals surface area contributed by atoms with Crippen LogP contribution in [-0.2, 0) is 0 Å².